The molecule has 0 atom stereocenters. The third-order valence-corrected chi connectivity index (χ3v) is 3.94. The van der Waals surface area contributed by atoms with E-state index >= 15 is 0 Å². The molecule has 0 fully saturated rings. The molecule has 1 aromatic heterocycles. The van der Waals surface area contributed by atoms with Gasteiger partial charge in [0.05, 0.1) is 0 Å². The van der Waals surface area contributed by atoms with Gasteiger partial charge in [-0.25, -0.2) is 4.39 Å². The van der Waals surface area contributed by atoms with E-state index in [0.717, 1.165) is 22.0 Å². The smallest absolute Gasteiger partial charge is 0.253 e. The highest BCUT2D eigenvalue weighted by molar-refractivity contribution is 5.94. The number of carbonyl (C=O) groups is 1. The second kappa shape index (κ2) is 6.28. The van der Waals surface area contributed by atoms with E-state index < -0.39 is 5.82 Å². The number of amides is 1. The molecule has 3 rings (SSSR count). The van der Waals surface area contributed by atoms with E-state index in [0.29, 0.717) is 11.1 Å². The van der Waals surface area contributed by atoms with Crippen LogP contribution in [0.5, 0.6) is 0 Å². The van der Waals surface area contributed by atoms with Gasteiger partial charge in [-0.1, -0.05) is 6.07 Å². The summed E-state index contributed by atoms with van der Waals surface area (Å²) in [6.07, 6.45) is 0. The molecule has 5 heteroatoms. The van der Waals surface area contributed by atoms with Crippen LogP contribution >= 0.6 is 0 Å². The second-order valence-electron chi connectivity index (χ2n) is 5.86. The molecule has 122 valence electrons. The number of hydrogen-bond acceptors (Lipinski definition) is 2. The third-order valence-electron chi connectivity index (χ3n) is 3.94. The molecule has 0 radical (unpaired) electrons. The van der Waals surface area contributed by atoms with Crippen molar-refractivity contribution in [3.63, 3.8) is 0 Å². The predicted molar refractivity (Wildman–Crippen MR) is 91.6 cm³/mol. The lowest BCUT2D eigenvalue weighted by molar-refractivity contribution is 0.0951. The average Bonchev–Trinajstić information content (AvgIpc) is 2.53. The summed E-state index contributed by atoms with van der Waals surface area (Å²) in [4.78, 5) is 27.1. The van der Waals surface area contributed by atoms with Crippen LogP contribution in [0.1, 0.15) is 27.0 Å². The zero-order valence-electron chi connectivity index (χ0n) is 13.4. The molecule has 0 aliphatic rings. The fourth-order valence-corrected chi connectivity index (χ4v) is 2.73. The van der Waals surface area contributed by atoms with E-state index in [-0.39, 0.29) is 18.0 Å². The number of halogens is 1. The van der Waals surface area contributed by atoms with Crippen molar-refractivity contribution in [1.82, 2.24) is 10.3 Å². The molecule has 3 aromatic rings. The standard InChI is InChI=1S/C19H17FN2O2/c1-11-7-12(2)16-9-14(19(24)22-17(16)8-11)10-21-18(23)13-3-5-15(20)6-4-13/h3-9H,10H2,1-2H3,(H,21,23)(H,22,24). The summed E-state index contributed by atoms with van der Waals surface area (Å²) in [6.45, 7) is 4.06. The van der Waals surface area contributed by atoms with Crippen molar-refractivity contribution >= 4 is 16.8 Å². The first-order valence-corrected chi connectivity index (χ1v) is 7.61. The van der Waals surface area contributed by atoms with Gasteiger partial charge in [-0.15, -0.1) is 0 Å². The highest BCUT2D eigenvalue weighted by Crippen LogP contribution is 2.18. The zero-order chi connectivity index (χ0) is 17.3. The van der Waals surface area contributed by atoms with Crippen LogP contribution < -0.4 is 10.9 Å². The zero-order valence-corrected chi connectivity index (χ0v) is 13.4. The molecule has 24 heavy (non-hydrogen) atoms. The Morgan fingerprint density at radius 3 is 2.54 bits per heavy atom. The van der Waals surface area contributed by atoms with E-state index in [1.54, 1.807) is 6.07 Å². The monoisotopic (exact) mass is 324 g/mol. The number of carbonyl (C=O) groups excluding carboxylic acids is 1. The van der Waals surface area contributed by atoms with Gasteiger partial charge in [-0.05, 0) is 61.4 Å². The first-order chi connectivity index (χ1) is 11.4. The first kappa shape index (κ1) is 15.9. The van der Waals surface area contributed by atoms with Gasteiger partial charge in [0, 0.05) is 28.6 Å². The van der Waals surface area contributed by atoms with E-state index in [1.165, 1.54) is 24.3 Å². The highest BCUT2D eigenvalue weighted by Gasteiger charge is 2.09. The van der Waals surface area contributed by atoms with Crippen molar-refractivity contribution in [3.05, 3.63) is 80.9 Å². The Hall–Kier alpha value is -2.95. The molecule has 1 heterocycles. The van der Waals surface area contributed by atoms with Crippen molar-refractivity contribution < 1.29 is 9.18 Å². The molecule has 4 nitrogen and oxygen atoms in total. The van der Waals surface area contributed by atoms with Gasteiger partial charge in [0.15, 0.2) is 0 Å². The number of aryl methyl sites for hydroxylation is 2. The third kappa shape index (κ3) is 3.20. The number of hydrogen-bond donors (Lipinski definition) is 2. The van der Waals surface area contributed by atoms with E-state index in [4.69, 9.17) is 0 Å². The van der Waals surface area contributed by atoms with Gasteiger partial charge in [0.2, 0.25) is 0 Å². The molecule has 0 saturated carbocycles. The summed E-state index contributed by atoms with van der Waals surface area (Å²) in [5.74, 6) is -0.751. The predicted octanol–water partition coefficient (Wildman–Crippen LogP) is 3.21. The Balaban J connectivity index is 1.85. The molecule has 2 aromatic carbocycles. The molecule has 0 aliphatic heterocycles. The molecule has 2 N–H and O–H groups in total. The van der Waals surface area contributed by atoms with Gasteiger partial charge in [-0.3, -0.25) is 9.59 Å². The van der Waals surface area contributed by atoms with Crippen LogP contribution in [0.4, 0.5) is 4.39 Å². The molecular formula is C19H17FN2O2. The van der Waals surface area contributed by atoms with Gasteiger partial charge in [-0.2, -0.15) is 0 Å². The summed E-state index contributed by atoms with van der Waals surface area (Å²) < 4.78 is 12.9. The number of benzene rings is 2. The van der Waals surface area contributed by atoms with Gasteiger partial charge in [0.25, 0.3) is 11.5 Å². The molecule has 0 spiro atoms. The average molecular weight is 324 g/mol. The Morgan fingerprint density at radius 2 is 1.83 bits per heavy atom. The van der Waals surface area contributed by atoms with Crippen molar-refractivity contribution in [1.29, 1.82) is 0 Å². The van der Waals surface area contributed by atoms with Crippen LogP contribution in [0.3, 0.4) is 0 Å². The van der Waals surface area contributed by atoms with Crippen LogP contribution in [0, 0.1) is 19.7 Å². The van der Waals surface area contributed by atoms with Crippen molar-refractivity contribution in [3.8, 4) is 0 Å². The number of fused-ring (bicyclic) bond motifs is 1. The lowest BCUT2D eigenvalue weighted by Gasteiger charge is -2.08. The van der Waals surface area contributed by atoms with E-state index in [9.17, 15) is 14.0 Å². The minimum Gasteiger partial charge on any atom is -0.348 e. The Kier molecular flexibility index (Phi) is 4.16. The maximum absolute atomic E-state index is 12.9. The summed E-state index contributed by atoms with van der Waals surface area (Å²) in [5.41, 5.74) is 3.52. The van der Waals surface area contributed by atoms with Crippen molar-refractivity contribution in [2.45, 2.75) is 20.4 Å². The van der Waals surface area contributed by atoms with Crippen LogP contribution in [0.2, 0.25) is 0 Å². The van der Waals surface area contributed by atoms with Crippen LogP contribution in [-0.2, 0) is 6.54 Å². The fourth-order valence-electron chi connectivity index (χ4n) is 2.73. The lowest BCUT2D eigenvalue weighted by atomic mass is 10.0. The Bertz CT molecular complexity index is 975. The number of rotatable bonds is 3. The van der Waals surface area contributed by atoms with E-state index in [2.05, 4.69) is 10.3 Å². The van der Waals surface area contributed by atoms with Crippen molar-refractivity contribution in [2.75, 3.05) is 0 Å². The minimum absolute atomic E-state index is 0.106. The molecule has 0 saturated heterocycles. The second-order valence-corrected chi connectivity index (χ2v) is 5.86. The van der Waals surface area contributed by atoms with Gasteiger partial charge >= 0.3 is 0 Å². The number of nitrogens with one attached hydrogen (secondary N) is 2. The SMILES string of the molecule is Cc1cc(C)c2cc(CNC(=O)c3ccc(F)cc3)c(=O)[nH]c2c1. The number of H-pyrrole nitrogens is 1. The topological polar surface area (TPSA) is 62.0 Å². The maximum Gasteiger partial charge on any atom is 0.253 e. The van der Waals surface area contributed by atoms with E-state index in [1.807, 2.05) is 26.0 Å². The molecule has 1 amide bonds. The highest BCUT2D eigenvalue weighted by atomic mass is 19.1. The minimum atomic E-state index is -0.400. The van der Waals surface area contributed by atoms with Gasteiger partial charge in [0.1, 0.15) is 5.82 Å². The summed E-state index contributed by atoms with van der Waals surface area (Å²) in [6, 6.07) is 11.0. The molecule has 0 bridgehead atoms. The number of aromatic nitrogens is 1. The molecular weight excluding hydrogens is 307 g/mol. The number of aromatic amines is 1. The fraction of sp³-hybridized carbons (Fsp3) is 0.158. The van der Waals surface area contributed by atoms with Crippen LogP contribution in [0.15, 0.2) is 47.3 Å². The molecule has 0 unspecified atom stereocenters. The normalized spacial score (nSPS) is 10.8. The van der Waals surface area contributed by atoms with Crippen LogP contribution in [-0.4, -0.2) is 10.9 Å². The Labute approximate surface area is 138 Å². The summed E-state index contributed by atoms with van der Waals surface area (Å²) in [7, 11) is 0. The maximum atomic E-state index is 12.9. The largest absolute Gasteiger partial charge is 0.348 e. The summed E-state index contributed by atoms with van der Waals surface area (Å²) >= 11 is 0. The lowest BCUT2D eigenvalue weighted by Crippen LogP contribution is -2.26. The van der Waals surface area contributed by atoms with Crippen LogP contribution in [0.25, 0.3) is 10.9 Å². The van der Waals surface area contributed by atoms with Crippen molar-refractivity contribution in [2.24, 2.45) is 0 Å². The number of pyridine rings is 1. The first-order valence-electron chi connectivity index (χ1n) is 7.61. The Morgan fingerprint density at radius 1 is 1.12 bits per heavy atom. The quantitative estimate of drug-likeness (QED) is 0.777. The summed E-state index contributed by atoms with van der Waals surface area (Å²) in [5, 5.41) is 3.64. The molecule has 0 aliphatic carbocycles. The van der Waals surface area contributed by atoms with Gasteiger partial charge < -0.3 is 10.3 Å².